The topological polar surface area (TPSA) is 35.8 Å². The highest BCUT2D eigenvalue weighted by Crippen LogP contribution is 2.40. The molecule has 3 rings (SSSR count). The van der Waals surface area contributed by atoms with Crippen LogP contribution in [0.3, 0.4) is 0 Å². The number of rotatable bonds is 1. The summed E-state index contributed by atoms with van der Waals surface area (Å²) in [6.07, 6.45) is 3.43. The first-order valence-electron chi connectivity index (χ1n) is 6.63. The first-order valence-corrected chi connectivity index (χ1v) is 8.00. The average Bonchev–Trinajstić information content (AvgIpc) is 2.67. The lowest BCUT2D eigenvalue weighted by Gasteiger charge is -2.35. The quantitative estimate of drug-likeness (QED) is 0.865. The summed E-state index contributed by atoms with van der Waals surface area (Å²) >= 11 is 7.57. The smallest absolute Gasteiger partial charge is 0.175 e. The summed E-state index contributed by atoms with van der Waals surface area (Å²) in [6, 6.07) is 7.48. The van der Waals surface area contributed by atoms with E-state index in [0.29, 0.717) is 10.8 Å². The summed E-state index contributed by atoms with van der Waals surface area (Å²) < 4.78 is 0. The first-order chi connectivity index (χ1) is 9.20. The molecule has 1 aromatic carbocycles. The molecule has 2 aliphatic rings. The van der Waals surface area contributed by atoms with Gasteiger partial charge < -0.3 is 10.0 Å². The summed E-state index contributed by atoms with van der Waals surface area (Å²) in [5, 5.41) is 12.7. The third-order valence-corrected chi connectivity index (χ3v) is 5.08. The van der Waals surface area contributed by atoms with E-state index in [9.17, 15) is 5.11 Å². The van der Waals surface area contributed by atoms with Crippen molar-refractivity contribution in [2.24, 2.45) is 4.99 Å². The molecule has 0 radical (unpaired) electrons. The Hall–Kier alpha value is -0.710. The second kappa shape index (κ2) is 5.35. The zero-order chi connectivity index (χ0) is 13.3. The maximum Gasteiger partial charge on any atom is 0.175 e. The Balaban J connectivity index is 1.94. The number of aliphatic imine (C=N–C) groups is 1. The molecular weight excluding hydrogens is 280 g/mol. The van der Waals surface area contributed by atoms with Crippen LogP contribution >= 0.6 is 23.4 Å². The van der Waals surface area contributed by atoms with E-state index in [1.54, 1.807) is 11.8 Å². The Morgan fingerprint density at radius 2 is 2.00 bits per heavy atom. The van der Waals surface area contributed by atoms with E-state index in [1.807, 2.05) is 24.3 Å². The number of hydrogen-bond acceptors (Lipinski definition) is 4. The molecule has 19 heavy (non-hydrogen) atoms. The molecule has 3 nitrogen and oxygen atoms in total. The largest absolute Gasteiger partial charge is 0.366 e. The maximum atomic E-state index is 11.0. The van der Waals surface area contributed by atoms with Crippen LogP contribution in [0.25, 0.3) is 0 Å². The lowest BCUT2D eigenvalue weighted by molar-refractivity contribution is -0.0488. The molecule has 0 bridgehead atoms. The number of benzene rings is 1. The van der Waals surface area contributed by atoms with Crippen LogP contribution in [-0.2, 0) is 5.72 Å². The minimum atomic E-state index is -0.939. The summed E-state index contributed by atoms with van der Waals surface area (Å²) in [5.74, 6) is 0.632. The Bertz CT molecular complexity index is 491. The fourth-order valence-electron chi connectivity index (χ4n) is 2.58. The van der Waals surface area contributed by atoms with Crippen molar-refractivity contribution in [3.63, 3.8) is 0 Å². The number of thioether (sulfide) groups is 1. The molecule has 0 amide bonds. The van der Waals surface area contributed by atoms with Gasteiger partial charge in [0, 0.05) is 23.7 Å². The van der Waals surface area contributed by atoms with Gasteiger partial charge in [0.2, 0.25) is 0 Å². The third-order valence-electron chi connectivity index (χ3n) is 3.67. The number of aliphatic hydroxyl groups is 1. The van der Waals surface area contributed by atoms with E-state index >= 15 is 0 Å². The number of amidine groups is 1. The Labute approximate surface area is 122 Å². The lowest BCUT2D eigenvalue weighted by Crippen LogP contribution is -2.45. The van der Waals surface area contributed by atoms with Crippen LogP contribution in [0.5, 0.6) is 0 Å². The van der Waals surface area contributed by atoms with Gasteiger partial charge in [-0.2, -0.15) is 0 Å². The summed E-state index contributed by atoms with van der Waals surface area (Å²) in [7, 11) is 0. The fraction of sp³-hybridized carbons (Fsp3) is 0.500. The molecule has 0 aliphatic carbocycles. The van der Waals surface area contributed by atoms with Gasteiger partial charge in [-0.05, 0) is 31.4 Å². The molecule has 0 spiro atoms. The molecule has 1 unspecified atom stereocenters. The first kappa shape index (κ1) is 13.3. The highest BCUT2D eigenvalue weighted by atomic mass is 35.5. The van der Waals surface area contributed by atoms with E-state index in [2.05, 4.69) is 9.89 Å². The number of fused-ring (bicyclic) bond motifs is 1. The van der Waals surface area contributed by atoms with Gasteiger partial charge in [0.25, 0.3) is 0 Å². The highest BCUT2D eigenvalue weighted by molar-refractivity contribution is 8.14. The van der Waals surface area contributed by atoms with Gasteiger partial charge in [-0.15, -0.1) is 0 Å². The number of hydrogen-bond donors (Lipinski definition) is 1. The number of nitrogens with zero attached hydrogens (tertiary/aromatic N) is 2. The van der Waals surface area contributed by atoms with Crippen molar-refractivity contribution in [1.29, 1.82) is 0 Å². The standard InChI is InChI=1S/C14H17ClN2OS/c15-12-6-4-11(5-7-12)14(18)10-19-13-16-8-2-1-3-9-17(13)14/h4-7,18H,1-3,8-10H2/b16-13+. The van der Waals surface area contributed by atoms with Crippen molar-refractivity contribution in [1.82, 2.24) is 4.90 Å². The highest BCUT2D eigenvalue weighted by Gasteiger charge is 2.44. The molecule has 1 atom stereocenters. The van der Waals surface area contributed by atoms with Crippen LogP contribution in [0.1, 0.15) is 24.8 Å². The third kappa shape index (κ3) is 2.49. The van der Waals surface area contributed by atoms with Gasteiger partial charge in [0.05, 0.1) is 5.75 Å². The molecular formula is C14H17ClN2OS. The van der Waals surface area contributed by atoms with Crippen molar-refractivity contribution < 1.29 is 5.11 Å². The van der Waals surface area contributed by atoms with E-state index in [4.69, 9.17) is 11.6 Å². The maximum absolute atomic E-state index is 11.0. The van der Waals surface area contributed by atoms with E-state index in [1.165, 1.54) is 6.42 Å². The van der Waals surface area contributed by atoms with Gasteiger partial charge in [0.1, 0.15) is 0 Å². The van der Waals surface area contributed by atoms with Gasteiger partial charge in [-0.1, -0.05) is 35.5 Å². The number of halogens is 1. The summed E-state index contributed by atoms with van der Waals surface area (Å²) in [6.45, 7) is 1.74. The molecule has 1 saturated heterocycles. The molecule has 5 heteroatoms. The van der Waals surface area contributed by atoms with Crippen LogP contribution in [0, 0.1) is 0 Å². The van der Waals surface area contributed by atoms with E-state index in [0.717, 1.165) is 36.7 Å². The summed E-state index contributed by atoms with van der Waals surface area (Å²) in [5.41, 5.74) is -0.0407. The second-order valence-electron chi connectivity index (χ2n) is 4.99. The van der Waals surface area contributed by atoms with Crippen molar-refractivity contribution in [3.8, 4) is 0 Å². The fourth-order valence-corrected chi connectivity index (χ4v) is 3.94. The molecule has 2 heterocycles. The van der Waals surface area contributed by atoms with Crippen molar-refractivity contribution in [2.75, 3.05) is 18.8 Å². The summed E-state index contributed by atoms with van der Waals surface area (Å²) in [4.78, 5) is 6.66. The van der Waals surface area contributed by atoms with Crippen molar-refractivity contribution in [2.45, 2.75) is 25.0 Å². The zero-order valence-electron chi connectivity index (χ0n) is 10.7. The Kier molecular flexibility index (Phi) is 3.74. The van der Waals surface area contributed by atoms with E-state index < -0.39 is 5.72 Å². The van der Waals surface area contributed by atoms with Crippen LogP contribution in [-0.4, -0.2) is 34.0 Å². The predicted octanol–water partition coefficient (Wildman–Crippen LogP) is 3.07. The second-order valence-corrected chi connectivity index (χ2v) is 6.37. The molecule has 1 fully saturated rings. The molecule has 102 valence electrons. The minimum Gasteiger partial charge on any atom is -0.366 e. The van der Waals surface area contributed by atoms with Crippen LogP contribution in [0.15, 0.2) is 29.3 Å². The molecule has 1 aromatic rings. The van der Waals surface area contributed by atoms with Crippen LogP contribution in [0.2, 0.25) is 5.02 Å². The molecule has 2 aliphatic heterocycles. The van der Waals surface area contributed by atoms with Crippen LogP contribution < -0.4 is 0 Å². The molecule has 1 N–H and O–H groups in total. The van der Waals surface area contributed by atoms with Crippen LogP contribution in [0.4, 0.5) is 0 Å². The predicted molar refractivity (Wildman–Crippen MR) is 80.7 cm³/mol. The van der Waals surface area contributed by atoms with Crippen molar-refractivity contribution in [3.05, 3.63) is 34.9 Å². The zero-order valence-corrected chi connectivity index (χ0v) is 12.3. The molecule has 0 saturated carbocycles. The SMILES string of the molecule is OC1(c2ccc(Cl)cc2)CS/C2=N/CCCCCN21. The van der Waals surface area contributed by atoms with Gasteiger partial charge in [-0.3, -0.25) is 4.99 Å². The molecule has 0 aromatic heterocycles. The monoisotopic (exact) mass is 296 g/mol. The minimum absolute atomic E-state index is 0.632. The van der Waals surface area contributed by atoms with Gasteiger partial charge >= 0.3 is 0 Å². The Morgan fingerprint density at radius 3 is 2.79 bits per heavy atom. The normalized spacial score (nSPS) is 30.2. The average molecular weight is 297 g/mol. The van der Waals surface area contributed by atoms with Gasteiger partial charge in [-0.25, -0.2) is 0 Å². The Morgan fingerprint density at radius 1 is 1.21 bits per heavy atom. The van der Waals surface area contributed by atoms with Gasteiger partial charge in [0.15, 0.2) is 10.9 Å². The van der Waals surface area contributed by atoms with E-state index in [-0.39, 0.29) is 0 Å². The lowest BCUT2D eigenvalue weighted by atomic mass is 10.0. The van der Waals surface area contributed by atoms with Crippen molar-refractivity contribution >= 4 is 28.5 Å².